The number of sulfonamides is 1. The third-order valence-electron chi connectivity index (χ3n) is 4.19. The molecule has 0 atom stereocenters. The zero-order valence-corrected chi connectivity index (χ0v) is 12.8. The van der Waals surface area contributed by atoms with Crippen LogP contribution in [0, 0.1) is 18.8 Å². The van der Waals surface area contributed by atoms with Gasteiger partial charge < -0.3 is 5.73 Å². The van der Waals surface area contributed by atoms with Crippen molar-refractivity contribution < 1.29 is 8.42 Å². The van der Waals surface area contributed by atoms with Crippen LogP contribution < -0.4 is 10.5 Å². The Labute approximate surface area is 121 Å². The molecule has 1 aromatic rings. The molecule has 0 unspecified atom stereocenters. The van der Waals surface area contributed by atoms with Gasteiger partial charge in [-0.1, -0.05) is 17.7 Å². The monoisotopic (exact) mass is 296 g/mol. The highest BCUT2D eigenvalue weighted by molar-refractivity contribution is 7.89. The summed E-state index contributed by atoms with van der Waals surface area (Å²) in [7, 11) is -3.37. The Balaban J connectivity index is 1.88. The molecule has 1 aromatic carbocycles. The summed E-state index contributed by atoms with van der Waals surface area (Å²) in [5.74, 6) is 1.07. The molecule has 0 spiro atoms. The Bertz CT molecular complexity index is 517. The molecule has 5 heteroatoms. The van der Waals surface area contributed by atoms with Crippen LogP contribution in [0.4, 0.5) is 0 Å². The van der Waals surface area contributed by atoms with Crippen molar-refractivity contribution in [2.75, 3.05) is 13.1 Å². The summed E-state index contributed by atoms with van der Waals surface area (Å²) in [4.78, 5) is 0.346. The molecular weight excluding hydrogens is 272 g/mol. The molecule has 1 saturated carbocycles. The number of aryl methyl sites for hydroxylation is 1. The van der Waals surface area contributed by atoms with Crippen molar-refractivity contribution in [2.24, 2.45) is 17.6 Å². The van der Waals surface area contributed by atoms with Gasteiger partial charge in [0.25, 0.3) is 0 Å². The molecule has 0 bridgehead atoms. The van der Waals surface area contributed by atoms with Crippen LogP contribution in [0.3, 0.4) is 0 Å². The molecule has 1 aliphatic carbocycles. The fourth-order valence-corrected chi connectivity index (χ4v) is 3.82. The quantitative estimate of drug-likeness (QED) is 0.873. The van der Waals surface area contributed by atoms with Gasteiger partial charge in [0, 0.05) is 6.54 Å². The van der Waals surface area contributed by atoms with Gasteiger partial charge in [0.15, 0.2) is 0 Å². The highest BCUT2D eigenvalue weighted by Gasteiger charge is 2.22. The number of rotatable bonds is 5. The molecule has 0 heterocycles. The van der Waals surface area contributed by atoms with Crippen molar-refractivity contribution in [3.63, 3.8) is 0 Å². The third kappa shape index (κ3) is 4.04. The predicted octanol–water partition coefficient (Wildman–Crippen LogP) is 2.04. The minimum absolute atomic E-state index is 0.346. The van der Waals surface area contributed by atoms with E-state index >= 15 is 0 Å². The van der Waals surface area contributed by atoms with E-state index in [1.54, 1.807) is 12.1 Å². The predicted molar refractivity (Wildman–Crippen MR) is 80.9 cm³/mol. The number of nitrogens with one attached hydrogen (secondary N) is 1. The molecule has 0 aliphatic heterocycles. The van der Waals surface area contributed by atoms with Crippen molar-refractivity contribution in [1.82, 2.24) is 4.72 Å². The number of benzene rings is 1. The fourth-order valence-electron chi connectivity index (χ4n) is 2.70. The summed E-state index contributed by atoms with van der Waals surface area (Å²) in [6.07, 6.45) is 4.37. The number of hydrogen-bond donors (Lipinski definition) is 2. The topological polar surface area (TPSA) is 72.2 Å². The van der Waals surface area contributed by atoms with Gasteiger partial charge in [-0.3, -0.25) is 0 Å². The van der Waals surface area contributed by atoms with Crippen LogP contribution in [0.15, 0.2) is 29.2 Å². The average Bonchev–Trinajstić information content (AvgIpc) is 2.46. The van der Waals surface area contributed by atoms with Crippen molar-refractivity contribution in [1.29, 1.82) is 0 Å². The zero-order valence-electron chi connectivity index (χ0n) is 12.0. The Hall–Kier alpha value is -0.910. The molecule has 1 fully saturated rings. The molecule has 0 aromatic heterocycles. The molecule has 20 heavy (non-hydrogen) atoms. The summed E-state index contributed by atoms with van der Waals surface area (Å²) in [6.45, 7) is 3.23. The van der Waals surface area contributed by atoms with E-state index in [-0.39, 0.29) is 0 Å². The highest BCUT2D eigenvalue weighted by Crippen LogP contribution is 2.27. The maximum absolute atomic E-state index is 12.2. The minimum Gasteiger partial charge on any atom is -0.330 e. The van der Waals surface area contributed by atoms with Crippen LogP contribution in [0.1, 0.15) is 31.2 Å². The van der Waals surface area contributed by atoms with E-state index in [4.69, 9.17) is 5.73 Å². The maximum Gasteiger partial charge on any atom is 0.240 e. The summed E-state index contributed by atoms with van der Waals surface area (Å²) < 4.78 is 27.1. The van der Waals surface area contributed by atoms with Crippen LogP contribution >= 0.6 is 0 Å². The smallest absolute Gasteiger partial charge is 0.240 e. The van der Waals surface area contributed by atoms with Gasteiger partial charge in [-0.15, -0.1) is 0 Å². The normalized spacial score (nSPS) is 23.7. The second-order valence-corrected chi connectivity index (χ2v) is 7.55. The van der Waals surface area contributed by atoms with E-state index < -0.39 is 10.0 Å². The Morgan fingerprint density at radius 1 is 1.10 bits per heavy atom. The average molecular weight is 296 g/mol. The van der Waals surface area contributed by atoms with E-state index in [0.717, 1.165) is 37.8 Å². The third-order valence-corrected chi connectivity index (χ3v) is 5.63. The lowest BCUT2D eigenvalue weighted by Gasteiger charge is -2.27. The van der Waals surface area contributed by atoms with Gasteiger partial charge in [0.1, 0.15) is 0 Å². The Morgan fingerprint density at radius 3 is 2.20 bits per heavy atom. The molecule has 1 aliphatic rings. The molecular formula is C15H24N2O2S. The van der Waals surface area contributed by atoms with E-state index in [1.807, 2.05) is 19.1 Å². The first-order valence-electron chi connectivity index (χ1n) is 7.27. The van der Waals surface area contributed by atoms with Gasteiger partial charge in [0.05, 0.1) is 4.90 Å². The van der Waals surface area contributed by atoms with Crippen LogP contribution in [-0.4, -0.2) is 21.5 Å². The first-order valence-corrected chi connectivity index (χ1v) is 8.76. The van der Waals surface area contributed by atoms with Gasteiger partial charge in [-0.2, -0.15) is 0 Å². The molecule has 2 rings (SSSR count). The SMILES string of the molecule is Cc1ccc(S(=O)(=O)NCC2CCC(CN)CC2)cc1. The van der Waals surface area contributed by atoms with Crippen molar-refractivity contribution in [3.8, 4) is 0 Å². The highest BCUT2D eigenvalue weighted by atomic mass is 32.2. The lowest BCUT2D eigenvalue weighted by atomic mass is 9.82. The lowest BCUT2D eigenvalue weighted by molar-refractivity contribution is 0.280. The zero-order chi connectivity index (χ0) is 14.6. The summed E-state index contributed by atoms with van der Waals surface area (Å²) in [5.41, 5.74) is 6.73. The fraction of sp³-hybridized carbons (Fsp3) is 0.600. The number of nitrogens with two attached hydrogens (primary N) is 1. The molecule has 0 saturated heterocycles. The first-order chi connectivity index (χ1) is 9.51. The molecule has 0 radical (unpaired) electrons. The van der Waals surface area contributed by atoms with Crippen LogP contribution in [0.5, 0.6) is 0 Å². The van der Waals surface area contributed by atoms with E-state index in [9.17, 15) is 8.42 Å². The minimum atomic E-state index is -3.37. The standard InChI is InChI=1S/C15H24N2O2S/c1-12-2-8-15(9-3-12)20(18,19)17-11-14-6-4-13(10-16)5-7-14/h2-3,8-9,13-14,17H,4-7,10-11,16H2,1H3. The van der Waals surface area contributed by atoms with E-state index in [0.29, 0.717) is 23.3 Å². The molecule has 112 valence electrons. The van der Waals surface area contributed by atoms with Crippen molar-refractivity contribution in [2.45, 2.75) is 37.5 Å². The summed E-state index contributed by atoms with van der Waals surface area (Å²) in [5, 5.41) is 0. The summed E-state index contributed by atoms with van der Waals surface area (Å²) in [6, 6.07) is 6.95. The summed E-state index contributed by atoms with van der Waals surface area (Å²) >= 11 is 0. The van der Waals surface area contributed by atoms with E-state index in [1.165, 1.54) is 0 Å². The second kappa shape index (κ2) is 6.70. The van der Waals surface area contributed by atoms with Crippen molar-refractivity contribution in [3.05, 3.63) is 29.8 Å². The van der Waals surface area contributed by atoms with E-state index in [2.05, 4.69) is 4.72 Å². The Morgan fingerprint density at radius 2 is 1.65 bits per heavy atom. The van der Waals surface area contributed by atoms with Crippen LogP contribution in [0.2, 0.25) is 0 Å². The van der Waals surface area contributed by atoms with Crippen molar-refractivity contribution >= 4 is 10.0 Å². The van der Waals surface area contributed by atoms with Gasteiger partial charge in [-0.25, -0.2) is 13.1 Å². The van der Waals surface area contributed by atoms with Gasteiger partial charge >= 0.3 is 0 Å². The Kier molecular flexibility index (Phi) is 5.18. The maximum atomic E-state index is 12.2. The largest absolute Gasteiger partial charge is 0.330 e. The van der Waals surface area contributed by atoms with Crippen LogP contribution in [-0.2, 0) is 10.0 Å². The molecule has 0 amide bonds. The van der Waals surface area contributed by atoms with Gasteiger partial charge in [-0.05, 0) is 63.1 Å². The number of hydrogen-bond acceptors (Lipinski definition) is 3. The molecule has 3 N–H and O–H groups in total. The second-order valence-electron chi connectivity index (χ2n) is 5.79. The van der Waals surface area contributed by atoms with Crippen LogP contribution in [0.25, 0.3) is 0 Å². The first kappa shape index (κ1) is 15.5. The molecule has 4 nitrogen and oxygen atoms in total. The lowest BCUT2D eigenvalue weighted by Crippen LogP contribution is -2.32. The van der Waals surface area contributed by atoms with Gasteiger partial charge in [0.2, 0.25) is 10.0 Å².